The van der Waals surface area contributed by atoms with Gasteiger partial charge in [-0.1, -0.05) is 0 Å². The van der Waals surface area contributed by atoms with Crippen LogP contribution in [-0.4, -0.2) is 31.9 Å². The van der Waals surface area contributed by atoms with E-state index in [1.807, 2.05) is 13.8 Å². The highest BCUT2D eigenvalue weighted by Crippen LogP contribution is 2.19. The molecule has 0 bridgehead atoms. The third kappa shape index (κ3) is 3.38. The molecule has 1 atom stereocenters. The maximum Gasteiger partial charge on any atom is 0.334 e. The first-order valence-electron chi connectivity index (χ1n) is 4.68. The first-order chi connectivity index (χ1) is 6.61. The van der Waals surface area contributed by atoms with Crippen LogP contribution in [0.15, 0.2) is 11.8 Å². The van der Waals surface area contributed by atoms with Crippen LogP contribution in [0.1, 0.15) is 20.3 Å². The summed E-state index contributed by atoms with van der Waals surface area (Å²) in [6.07, 6.45) is 2.00. The van der Waals surface area contributed by atoms with E-state index < -0.39 is 0 Å². The van der Waals surface area contributed by atoms with Crippen molar-refractivity contribution in [3.05, 3.63) is 11.8 Å². The van der Waals surface area contributed by atoms with E-state index in [-0.39, 0.29) is 18.2 Å². The van der Waals surface area contributed by atoms with Gasteiger partial charge in [-0.2, -0.15) is 0 Å². The molecule has 1 aliphatic rings. The minimum Gasteiger partial charge on any atom is -0.495 e. The Bertz CT molecular complexity index is 232. The molecule has 0 aromatic carbocycles. The van der Waals surface area contributed by atoms with Crippen LogP contribution in [0.5, 0.6) is 0 Å². The second-order valence-corrected chi connectivity index (χ2v) is 3.47. The van der Waals surface area contributed by atoms with Gasteiger partial charge in [-0.15, -0.1) is 0 Å². The number of hydrogen-bond donors (Lipinski definition) is 0. The SMILES string of the molecule is CO[C@@H]1CO/C(=C/C(=O)OC(C)C)C1. The number of carbonyl (C=O) groups is 1. The highest BCUT2D eigenvalue weighted by Gasteiger charge is 2.21. The Morgan fingerprint density at radius 3 is 2.86 bits per heavy atom. The van der Waals surface area contributed by atoms with Gasteiger partial charge in [0.25, 0.3) is 0 Å². The van der Waals surface area contributed by atoms with Crippen molar-refractivity contribution in [1.82, 2.24) is 0 Å². The third-order valence-electron chi connectivity index (χ3n) is 1.85. The maximum absolute atomic E-state index is 11.2. The Labute approximate surface area is 83.8 Å². The lowest BCUT2D eigenvalue weighted by Crippen LogP contribution is -2.09. The molecule has 0 aromatic heterocycles. The molecule has 1 heterocycles. The van der Waals surface area contributed by atoms with Gasteiger partial charge in [0.1, 0.15) is 12.4 Å². The van der Waals surface area contributed by atoms with Crippen LogP contribution in [0.2, 0.25) is 0 Å². The molecule has 14 heavy (non-hydrogen) atoms. The van der Waals surface area contributed by atoms with Crippen LogP contribution in [-0.2, 0) is 19.0 Å². The van der Waals surface area contributed by atoms with Crippen molar-refractivity contribution in [3.8, 4) is 0 Å². The molecule has 1 aliphatic heterocycles. The standard InChI is InChI=1S/C10H16O4/c1-7(2)14-10(11)5-8-4-9(12-3)6-13-8/h5,7,9H,4,6H2,1-3H3/b8-5+/t9-/m0/s1. The van der Waals surface area contributed by atoms with Gasteiger partial charge in [-0.25, -0.2) is 4.79 Å². The van der Waals surface area contributed by atoms with Crippen molar-refractivity contribution in [2.24, 2.45) is 0 Å². The highest BCUT2D eigenvalue weighted by molar-refractivity contribution is 5.82. The van der Waals surface area contributed by atoms with Gasteiger partial charge in [0.2, 0.25) is 0 Å². The summed E-state index contributed by atoms with van der Waals surface area (Å²) in [4.78, 5) is 11.2. The fourth-order valence-corrected chi connectivity index (χ4v) is 1.19. The van der Waals surface area contributed by atoms with E-state index in [9.17, 15) is 4.79 Å². The van der Waals surface area contributed by atoms with Crippen molar-refractivity contribution >= 4 is 5.97 Å². The Morgan fingerprint density at radius 2 is 2.36 bits per heavy atom. The monoisotopic (exact) mass is 200 g/mol. The van der Waals surface area contributed by atoms with Gasteiger partial charge in [-0.05, 0) is 13.8 Å². The molecule has 0 unspecified atom stereocenters. The lowest BCUT2D eigenvalue weighted by molar-refractivity contribution is -0.141. The molecule has 0 aromatic rings. The van der Waals surface area contributed by atoms with E-state index >= 15 is 0 Å². The van der Waals surface area contributed by atoms with Gasteiger partial charge in [0, 0.05) is 13.5 Å². The Balaban J connectivity index is 2.41. The van der Waals surface area contributed by atoms with E-state index in [4.69, 9.17) is 14.2 Å². The molecule has 1 saturated heterocycles. The smallest absolute Gasteiger partial charge is 0.334 e. The van der Waals surface area contributed by atoms with E-state index in [2.05, 4.69) is 0 Å². The Kier molecular flexibility index (Phi) is 3.95. The van der Waals surface area contributed by atoms with Crippen molar-refractivity contribution in [3.63, 3.8) is 0 Å². The van der Waals surface area contributed by atoms with Crippen LogP contribution in [0.3, 0.4) is 0 Å². The summed E-state index contributed by atoms with van der Waals surface area (Å²) < 4.78 is 15.3. The van der Waals surface area contributed by atoms with Gasteiger partial charge in [-0.3, -0.25) is 0 Å². The predicted molar refractivity (Wildman–Crippen MR) is 50.7 cm³/mol. The maximum atomic E-state index is 11.2. The summed E-state index contributed by atoms with van der Waals surface area (Å²) in [5, 5.41) is 0. The van der Waals surface area contributed by atoms with Crippen molar-refractivity contribution < 1.29 is 19.0 Å². The summed E-state index contributed by atoms with van der Waals surface area (Å²) in [7, 11) is 1.63. The molecular formula is C10H16O4. The van der Waals surface area contributed by atoms with E-state index in [0.717, 1.165) is 0 Å². The first kappa shape index (κ1) is 11.0. The molecular weight excluding hydrogens is 184 g/mol. The zero-order valence-electron chi connectivity index (χ0n) is 8.78. The van der Waals surface area contributed by atoms with Gasteiger partial charge in [0.15, 0.2) is 0 Å². The highest BCUT2D eigenvalue weighted by atomic mass is 16.6. The average molecular weight is 200 g/mol. The lowest BCUT2D eigenvalue weighted by atomic mass is 10.2. The molecule has 4 nitrogen and oxygen atoms in total. The minimum absolute atomic E-state index is 0.0631. The van der Waals surface area contributed by atoms with Gasteiger partial charge in [0.05, 0.1) is 18.3 Å². The summed E-state index contributed by atoms with van der Waals surface area (Å²) in [6, 6.07) is 0. The Hall–Kier alpha value is -1.03. The van der Waals surface area contributed by atoms with Crippen LogP contribution in [0.25, 0.3) is 0 Å². The third-order valence-corrected chi connectivity index (χ3v) is 1.85. The largest absolute Gasteiger partial charge is 0.495 e. The number of esters is 1. The van der Waals surface area contributed by atoms with Crippen LogP contribution >= 0.6 is 0 Å². The fourth-order valence-electron chi connectivity index (χ4n) is 1.19. The molecule has 0 spiro atoms. The van der Waals surface area contributed by atoms with Gasteiger partial charge < -0.3 is 14.2 Å². The van der Waals surface area contributed by atoms with Gasteiger partial charge >= 0.3 is 5.97 Å². The van der Waals surface area contributed by atoms with Crippen LogP contribution < -0.4 is 0 Å². The van der Waals surface area contributed by atoms with Crippen LogP contribution in [0, 0.1) is 0 Å². The van der Waals surface area contributed by atoms with E-state index in [1.54, 1.807) is 7.11 Å². The molecule has 0 radical (unpaired) electrons. The van der Waals surface area contributed by atoms with Crippen molar-refractivity contribution in [2.75, 3.05) is 13.7 Å². The summed E-state index contributed by atoms with van der Waals surface area (Å²) in [5.74, 6) is 0.286. The quantitative estimate of drug-likeness (QED) is 0.508. The zero-order valence-corrected chi connectivity index (χ0v) is 8.78. The topological polar surface area (TPSA) is 44.8 Å². The lowest BCUT2D eigenvalue weighted by Gasteiger charge is -2.04. The van der Waals surface area contributed by atoms with Crippen LogP contribution in [0.4, 0.5) is 0 Å². The molecule has 0 saturated carbocycles. The number of ether oxygens (including phenoxy) is 3. The molecule has 1 fully saturated rings. The predicted octanol–water partition coefficient (Wildman–Crippen LogP) is 1.26. The zero-order chi connectivity index (χ0) is 10.6. The number of carbonyl (C=O) groups excluding carboxylic acids is 1. The number of methoxy groups -OCH3 is 1. The minimum atomic E-state index is -0.355. The Morgan fingerprint density at radius 1 is 1.64 bits per heavy atom. The average Bonchev–Trinajstić information content (AvgIpc) is 2.50. The normalized spacial score (nSPS) is 24.0. The second-order valence-electron chi connectivity index (χ2n) is 3.47. The summed E-state index contributed by atoms with van der Waals surface area (Å²) >= 11 is 0. The molecule has 0 amide bonds. The molecule has 4 heteroatoms. The van der Waals surface area contributed by atoms with Crippen molar-refractivity contribution in [1.29, 1.82) is 0 Å². The number of hydrogen-bond acceptors (Lipinski definition) is 4. The molecule has 1 rings (SSSR count). The summed E-state index contributed by atoms with van der Waals surface area (Å²) in [6.45, 7) is 4.13. The van der Waals surface area contributed by atoms with Crippen molar-refractivity contribution in [2.45, 2.75) is 32.5 Å². The first-order valence-corrected chi connectivity index (χ1v) is 4.68. The molecule has 0 N–H and O–H groups in total. The van der Waals surface area contributed by atoms with E-state index in [1.165, 1.54) is 6.08 Å². The number of rotatable bonds is 3. The molecule has 0 aliphatic carbocycles. The fraction of sp³-hybridized carbons (Fsp3) is 0.700. The molecule has 80 valence electrons. The summed E-state index contributed by atoms with van der Waals surface area (Å²) in [5.41, 5.74) is 0. The van der Waals surface area contributed by atoms with E-state index in [0.29, 0.717) is 18.8 Å². The second kappa shape index (κ2) is 5.00.